The molecule has 1 fully saturated rings. The van der Waals surface area contributed by atoms with E-state index in [9.17, 15) is 4.79 Å². The molecule has 1 amide bonds. The first-order valence-electron chi connectivity index (χ1n) is 7.90. The van der Waals surface area contributed by atoms with Crippen LogP contribution in [0, 0.1) is 6.92 Å². The molecule has 1 N–H and O–H groups in total. The molecule has 2 unspecified atom stereocenters. The van der Waals surface area contributed by atoms with Gasteiger partial charge in [0.1, 0.15) is 5.60 Å². The molecular formula is C16H28N4O2. The average molecular weight is 308 g/mol. The molecule has 6 nitrogen and oxygen atoms in total. The standard InChI is InChI=1S/C16H28N4O2/c1-11(14-9-17-19(6)12(14)2)18-13-7-8-20(10-13)15(21)22-16(3,4)5/h9,11,13,18H,7-8,10H2,1-6H3. The molecule has 0 saturated carbocycles. The minimum absolute atomic E-state index is 0.220. The molecule has 1 saturated heterocycles. The zero-order valence-corrected chi connectivity index (χ0v) is 14.5. The Bertz CT molecular complexity index is 533. The minimum Gasteiger partial charge on any atom is -0.444 e. The topological polar surface area (TPSA) is 59.4 Å². The van der Waals surface area contributed by atoms with Crippen LogP contribution in [0.15, 0.2) is 6.20 Å². The summed E-state index contributed by atoms with van der Waals surface area (Å²) >= 11 is 0. The van der Waals surface area contributed by atoms with Gasteiger partial charge in [0.15, 0.2) is 0 Å². The van der Waals surface area contributed by atoms with Gasteiger partial charge in [-0.1, -0.05) is 0 Å². The lowest BCUT2D eigenvalue weighted by molar-refractivity contribution is 0.0290. The van der Waals surface area contributed by atoms with E-state index in [0.717, 1.165) is 13.0 Å². The molecule has 124 valence electrons. The molecule has 2 rings (SSSR count). The largest absolute Gasteiger partial charge is 0.444 e. The van der Waals surface area contributed by atoms with Gasteiger partial charge in [0, 0.05) is 43.5 Å². The van der Waals surface area contributed by atoms with Gasteiger partial charge >= 0.3 is 6.09 Å². The summed E-state index contributed by atoms with van der Waals surface area (Å²) < 4.78 is 7.31. The van der Waals surface area contributed by atoms with Crippen molar-refractivity contribution in [3.63, 3.8) is 0 Å². The smallest absolute Gasteiger partial charge is 0.410 e. The Morgan fingerprint density at radius 3 is 2.73 bits per heavy atom. The van der Waals surface area contributed by atoms with Crippen LogP contribution in [0.2, 0.25) is 0 Å². The number of nitrogens with one attached hydrogen (secondary N) is 1. The lowest BCUT2D eigenvalue weighted by Gasteiger charge is -2.25. The first-order valence-corrected chi connectivity index (χ1v) is 7.90. The maximum atomic E-state index is 12.1. The predicted molar refractivity (Wildman–Crippen MR) is 85.7 cm³/mol. The molecule has 6 heteroatoms. The molecule has 1 aromatic heterocycles. The summed E-state index contributed by atoms with van der Waals surface area (Å²) in [5, 5.41) is 7.88. The minimum atomic E-state index is -0.442. The Kier molecular flexibility index (Phi) is 4.80. The van der Waals surface area contributed by atoms with Crippen molar-refractivity contribution in [2.24, 2.45) is 7.05 Å². The summed E-state index contributed by atoms with van der Waals surface area (Å²) in [7, 11) is 1.95. The van der Waals surface area contributed by atoms with Gasteiger partial charge in [-0.2, -0.15) is 5.10 Å². The van der Waals surface area contributed by atoms with Crippen LogP contribution >= 0.6 is 0 Å². The summed E-state index contributed by atoms with van der Waals surface area (Å²) in [6.45, 7) is 11.3. The normalized spacial score (nSPS) is 20.3. The Morgan fingerprint density at radius 2 is 2.18 bits per heavy atom. The van der Waals surface area contributed by atoms with Crippen LogP contribution in [0.4, 0.5) is 4.79 Å². The molecule has 1 aliphatic heterocycles. The highest BCUT2D eigenvalue weighted by Crippen LogP contribution is 2.20. The van der Waals surface area contributed by atoms with Crippen molar-refractivity contribution in [2.45, 2.75) is 58.7 Å². The number of aryl methyl sites for hydroxylation is 1. The van der Waals surface area contributed by atoms with Crippen LogP contribution in [0.5, 0.6) is 0 Å². The summed E-state index contributed by atoms with van der Waals surface area (Å²) in [6, 6.07) is 0.513. The number of hydrogen-bond acceptors (Lipinski definition) is 4. The van der Waals surface area contributed by atoms with E-state index in [1.165, 1.54) is 11.3 Å². The number of ether oxygens (including phenoxy) is 1. The monoisotopic (exact) mass is 308 g/mol. The molecule has 22 heavy (non-hydrogen) atoms. The number of likely N-dealkylation sites (tertiary alicyclic amines) is 1. The first kappa shape index (κ1) is 16.8. The molecule has 0 aliphatic carbocycles. The third-order valence-electron chi connectivity index (χ3n) is 4.07. The fourth-order valence-corrected chi connectivity index (χ4v) is 2.77. The first-order chi connectivity index (χ1) is 10.2. The SMILES string of the molecule is Cc1c(C(C)NC2CCN(C(=O)OC(C)(C)C)C2)cnn1C. The van der Waals surface area contributed by atoms with Crippen molar-refractivity contribution in [3.05, 3.63) is 17.5 Å². The van der Waals surface area contributed by atoms with E-state index in [-0.39, 0.29) is 12.1 Å². The van der Waals surface area contributed by atoms with E-state index in [1.807, 2.05) is 38.7 Å². The maximum Gasteiger partial charge on any atom is 0.410 e. The van der Waals surface area contributed by atoms with Gasteiger partial charge in [-0.3, -0.25) is 4.68 Å². The van der Waals surface area contributed by atoms with Crippen molar-refractivity contribution in [1.29, 1.82) is 0 Å². The summed E-state index contributed by atoms with van der Waals surface area (Å²) in [4.78, 5) is 13.9. The van der Waals surface area contributed by atoms with Gasteiger partial charge in [-0.25, -0.2) is 4.79 Å². The van der Waals surface area contributed by atoms with E-state index < -0.39 is 5.60 Å². The van der Waals surface area contributed by atoms with Crippen molar-refractivity contribution in [1.82, 2.24) is 20.0 Å². The molecule has 0 radical (unpaired) electrons. The van der Waals surface area contributed by atoms with Crippen LogP contribution in [-0.2, 0) is 11.8 Å². The van der Waals surface area contributed by atoms with Gasteiger partial charge in [-0.15, -0.1) is 0 Å². The molecule has 0 bridgehead atoms. The van der Waals surface area contributed by atoms with Crippen molar-refractivity contribution >= 4 is 6.09 Å². The Morgan fingerprint density at radius 1 is 1.50 bits per heavy atom. The van der Waals surface area contributed by atoms with Crippen molar-refractivity contribution < 1.29 is 9.53 Å². The van der Waals surface area contributed by atoms with E-state index in [2.05, 4.69) is 24.3 Å². The summed E-state index contributed by atoms with van der Waals surface area (Å²) in [5.74, 6) is 0. The van der Waals surface area contributed by atoms with Crippen molar-refractivity contribution in [2.75, 3.05) is 13.1 Å². The van der Waals surface area contributed by atoms with Crippen molar-refractivity contribution in [3.8, 4) is 0 Å². The molecule has 1 aliphatic rings. The maximum absolute atomic E-state index is 12.1. The molecular weight excluding hydrogens is 280 g/mol. The Balaban J connectivity index is 1.88. The Labute approximate surface area is 132 Å². The fourth-order valence-electron chi connectivity index (χ4n) is 2.77. The lowest BCUT2D eigenvalue weighted by Crippen LogP contribution is -2.39. The van der Waals surface area contributed by atoms with E-state index >= 15 is 0 Å². The highest BCUT2D eigenvalue weighted by atomic mass is 16.6. The van der Waals surface area contributed by atoms with Crippen LogP contribution in [0.25, 0.3) is 0 Å². The number of aromatic nitrogens is 2. The van der Waals surface area contributed by atoms with E-state index in [1.54, 1.807) is 4.90 Å². The number of carbonyl (C=O) groups excluding carboxylic acids is 1. The van der Waals surface area contributed by atoms with Gasteiger partial charge in [0.05, 0.1) is 6.20 Å². The summed E-state index contributed by atoms with van der Waals surface area (Å²) in [6.07, 6.45) is 2.64. The quantitative estimate of drug-likeness (QED) is 0.931. The molecule has 1 aromatic rings. The van der Waals surface area contributed by atoms with E-state index in [0.29, 0.717) is 12.6 Å². The van der Waals surface area contributed by atoms with Crippen LogP contribution in [0.1, 0.15) is 51.4 Å². The third kappa shape index (κ3) is 4.00. The van der Waals surface area contributed by atoms with E-state index in [4.69, 9.17) is 4.74 Å². The second-order valence-electron chi connectivity index (χ2n) is 7.11. The highest BCUT2D eigenvalue weighted by Gasteiger charge is 2.30. The molecule has 0 aromatic carbocycles. The number of rotatable bonds is 3. The molecule has 2 heterocycles. The highest BCUT2D eigenvalue weighted by molar-refractivity contribution is 5.68. The number of carbonyl (C=O) groups is 1. The number of hydrogen-bond donors (Lipinski definition) is 1. The van der Waals surface area contributed by atoms with Gasteiger partial charge in [0.25, 0.3) is 0 Å². The zero-order valence-electron chi connectivity index (χ0n) is 14.5. The molecule has 0 spiro atoms. The van der Waals surface area contributed by atoms with Gasteiger partial charge in [-0.05, 0) is 41.0 Å². The zero-order chi connectivity index (χ0) is 16.5. The number of amides is 1. The average Bonchev–Trinajstić information content (AvgIpc) is 2.96. The Hall–Kier alpha value is -1.56. The van der Waals surface area contributed by atoms with Gasteiger partial charge < -0.3 is 15.0 Å². The van der Waals surface area contributed by atoms with Crippen LogP contribution < -0.4 is 5.32 Å². The fraction of sp³-hybridized carbons (Fsp3) is 0.750. The predicted octanol–water partition coefficient (Wildman–Crippen LogP) is 2.39. The number of nitrogens with zero attached hydrogens (tertiary/aromatic N) is 3. The van der Waals surface area contributed by atoms with Gasteiger partial charge in [0.2, 0.25) is 0 Å². The molecule has 2 atom stereocenters. The van der Waals surface area contributed by atoms with Crippen LogP contribution in [0.3, 0.4) is 0 Å². The second kappa shape index (κ2) is 6.28. The second-order valence-corrected chi connectivity index (χ2v) is 7.11. The third-order valence-corrected chi connectivity index (χ3v) is 4.07. The summed E-state index contributed by atoms with van der Waals surface area (Å²) in [5.41, 5.74) is 1.93. The lowest BCUT2D eigenvalue weighted by atomic mass is 10.1. The van der Waals surface area contributed by atoms with Crippen LogP contribution in [-0.4, -0.2) is 45.5 Å².